The fourth-order valence-electron chi connectivity index (χ4n) is 1.90. The van der Waals surface area contributed by atoms with Crippen LogP contribution < -0.4 is 5.32 Å². The van der Waals surface area contributed by atoms with E-state index < -0.39 is 0 Å². The highest BCUT2D eigenvalue weighted by atomic mass is 16.1. The Bertz CT molecular complexity index is 659. The summed E-state index contributed by atoms with van der Waals surface area (Å²) in [5, 5.41) is 11.6. The molecule has 0 aliphatic carbocycles. The van der Waals surface area contributed by atoms with Gasteiger partial charge in [-0.15, -0.1) is 0 Å². The normalized spacial score (nSPS) is 9.80. The van der Waals surface area contributed by atoms with Crippen molar-refractivity contribution < 1.29 is 4.79 Å². The van der Waals surface area contributed by atoms with Crippen LogP contribution in [0.4, 0.5) is 0 Å². The van der Waals surface area contributed by atoms with Crippen LogP contribution in [0.1, 0.15) is 27.2 Å². The van der Waals surface area contributed by atoms with Crippen molar-refractivity contribution in [1.82, 2.24) is 10.3 Å². The molecule has 4 heteroatoms. The van der Waals surface area contributed by atoms with E-state index in [0.29, 0.717) is 12.1 Å². The molecule has 100 valence electrons. The van der Waals surface area contributed by atoms with Crippen LogP contribution in [0.3, 0.4) is 0 Å². The molecule has 0 unspecified atom stereocenters. The first kappa shape index (κ1) is 13.8. The molecule has 0 atom stereocenters. The fraction of sp³-hybridized carbons (Fsp3) is 0.188. The minimum absolute atomic E-state index is 0.255. The molecule has 2 aromatic rings. The van der Waals surface area contributed by atoms with E-state index in [0.717, 1.165) is 6.42 Å². The summed E-state index contributed by atoms with van der Waals surface area (Å²) < 4.78 is 0. The van der Waals surface area contributed by atoms with Crippen LogP contribution in [0.2, 0.25) is 0 Å². The number of nitrogens with zero attached hydrogens (tertiary/aromatic N) is 2. The van der Waals surface area contributed by atoms with Gasteiger partial charge >= 0.3 is 0 Å². The lowest BCUT2D eigenvalue weighted by molar-refractivity contribution is 0.0949. The number of carbonyl (C=O) groups excluding carboxylic acids is 1. The van der Waals surface area contributed by atoms with Crippen LogP contribution in [0.5, 0.6) is 0 Å². The molecule has 20 heavy (non-hydrogen) atoms. The lowest BCUT2D eigenvalue weighted by atomic mass is 10.1. The summed E-state index contributed by atoms with van der Waals surface area (Å²) in [5.41, 5.74) is 3.10. The average Bonchev–Trinajstić information content (AvgIpc) is 2.47. The maximum atomic E-state index is 11.9. The molecule has 1 aromatic carbocycles. The third-order valence-corrected chi connectivity index (χ3v) is 2.90. The van der Waals surface area contributed by atoms with Gasteiger partial charge in [-0.25, -0.2) is 0 Å². The number of carbonyl (C=O) groups is 1. The van der Waals surface area contributed by atoms with Crippen LogP contribution in [-0.2, 0) is 6.42 Å². The number of aryl methyl sites for hydroxylation is 1. The quantitative estimate of drug-likeness (QED) is 0.922. The van der Waals surface area contributed by atoms with Gasteiger partial charge in [-0.1, -0.05) is 29.8 Å². The predicted molar refractivity (Wildman–Crippen MR) is 76.2 cm³/mol. The van der Waals surface area contributed by atoms with Crippen molar-refractivity contribution in [2.45, 2.75) is 13.3 Å². The molecule has 0 spiro atoms. The van der Waals surface area contributed by atoms with Crippen molar-refractivity contribution in [3.63, 3.8) is 0 Å². The van der Waals surface area contributed by atoms with E-state index in [1.54, 1.807) is 6.07 Å². The average molecular weight is 265 g/mol. The van der Waals surface area contributed by atoms with Crippen molar-refractivity contribution in [1.29, 1.82) is 5.26 Å². The van der Waals surface area contributed by atoms with Gasteiger partial charge in [0.1, 0.15) is 5.69 Å². The number of aromatic nitrogens is 1. The van der Waals surface area contributed by atoms with Crippen LogP contribution in [-0.4, -0.2) is 17.4 Å². The standard InChI is InChI=1S/C16H15N3O/c1-12-3-2-4-13(9-12)5-8-19-16(20)15-10-14(11-17)6-7-18-15/h2-4,6-7,9-10H,5,8H2,1H3,(H,19,20). The highest BCUT2D eigenvalue weighted by Crippen LogP contribution is 2.04. The molecule has 1 amide bonds. The smallest absolute Gasteiger partial charge is 0.269 e. The predicted octanol–water partition coefficient (Wildman–Crippen LogP) is 2.23. The third kappa shape index (κ3) is 3.66. The molecular weight excluding hydrogens is 250 g/mol. The number of benzene rings is 1. The minimum Gasteiger partial charge on any atom is -0.350 e. The lowest BCUT2D eigenvalue weighted by Crippen LogP contribution is -2.26. The van der Waals surface area contributed by atoms with Crippen LogP contribution in [0.25, 0.3) is 0 Å². The molecule has 0 aliphatic rings. The number of hydrogen-bond acceptors (Lipinski definition) is 3. The summed E-state index contributed by atoms with van der Waals surface area (Å²) in [7, 11) is 0. The molecule has 1 heterocycles. The Morgan fingerprint density at radius 3 is 2.95 bits per heavy atom. The Morgan fingerprint density at radius 2 is 2.20 bits per heavy atom. The second kappa shape index (κ2) is 6.48. The van der Waals surface area contributed by atoms with E-state index >= 15 is 0 Å². The van der Waals surface area contributed by atoms with Crippen molar-refractivity contribution in [2.75, 3.05) is 6.54 Å². The molecular formula is C16H15N3O. The van der Waals surface area contributed by atoms with E-state index in [9.17, 15) is 4.79 Å². The summed E-state index contributed by atoms with van der Waals surface area (Å²) in [6.07, 6.45) is 2.24. The zero-order chi connectivity index (χ0) is 14.4. The summed E-state index contributed by atoms with van der Waals surface area (Å²) >= 11 is 0. The molecule has 0 bridgehead atoms. The first-order valence-corrected chi connectivity index (χ1v) is 6.39. The minimum atomic E-state index is -0.255. The molecule has 0 saturated heterocycles. The summed E-state index contributed by atoms with van der Waals surface area (Å²) in [4.78, 5) is 15.9. The van der Waals surface area contributed by atoms with Gasteiger partial charge in [-0.3, -0.25) is 9.78 Å². The molecule has 1 aromatic heterocycles. The maximum Gasteiger partial charge on any atom is 0.269 e. The number of nitriles is 1. The van der Waals surface area contributed by atoms with Gasteiger partial charge in [0.05, 0.1) is 11.6 Å². The topological polar surface area (TPSA) is 65.8 Å². The first-order valence-electron chi connectivity index (χ1n) is 6.39. The Kier molecular flexibility index (Phi) is 4.46. The van der Waals surface area contributed by atoms with Gasteiger partial charge in [0.25, 0.3) is 5.91 Å². The van der Waals surface area contributed by atoms with Crippen molar-refractivity contribution >= 4 is 5.91 Å². The maximum absolute atomic E-state index is 11.9. The van der Waals surface area contributed by atoms with Gasteiger partial charge in [0.15, 0.2) is 0 Å². The van der Waals surface area contributed by atoms with Gasteiger partial charge in [-0.2, -0.15) is 5.26 Å². The molecule has 0 radical (unpaired) electrons. The third-order valence-electron chi connectivity index (χ3n) is 2.90. The first-order chi connectivity index (χ1) is 9.69. The van der Waals surface area contributed by atoms with E-state index in [-0.39, 0.29) is 11.6 Å². The monoisotopic (exact) mass is 265 g/mol. The summed E-state index contributed by atoms with van der Waals surface area (Å²) in [6, 6.07) is 13.2. The van der Waals surface area contributed by atoms with Crippen molar-refractivity contribution in [3.05, 3.63) is 65.0 Å². The molecule has 2 rings (SSSR count). The van der Waals surface area contributed by atoms with Gasteiger partial charge in [-0.05, 0) is 31.0 Å². The molecule has 1 N–H and O–H groups in total. The van der Waals surface area contributed by atoms with E-state index in [4.69, 9.17) is 5.26 Å². The molecule has 0 fully saturated rings. The Hall–Kier alpha value is -2.67. The largest absolute Gasteiger partial charge is 0.350 e. The number of amides is 1. The lowest BCUT2D eigenvalue weighted by Gasteiger charge is -2.05. The van der Waals surface area contributed by atoms with Crippen LogP contribution in [0, 0.1) is 18.3 Å². The molecule has 0 saturated carbocycles. The Morgan fingerprint density at radius 1 is 1.35 bits per heavy atom. The highest BCUT2D eigenvalue weighted by Gasteiger charge is 2.07. The highest BCUT2D eigenvalue weighted by molar-refractivity contribution is 5.92. The summed E-state index contributed by atoms with van der Waals surface area (Å²) in [6.45, 7) is 2.58. The van der Waals surface area contributed by atoms with E-state index in [1.165, 1.54) is 23.4 Å². The number of nitrogens with one attached hydrogen (secondary N) is 1. The summed E-state index contributed by atoms with van der Waals surface area (Å²) in [5.74, 6) is -0.255. The van der Waals surface area contributed by atoms with Gasteiger partial charge < -0.3 is 5.32 Å². The zero-order valence-corrected chi connectivity index (χ0v) is 11.3. The van der Waals surface area contributed by atoms with Crippen molar-refractivity contribution in [3.8, 4) is 6.07 Å². The number of rotatable bonds is 4. The molecule has 4 nitrogen and oxygen atoms in total. The van der Waals surface area contributed by atoms with Gasteiger partial charge in [0, 0.05) is 12.7 Å². The van der Waals surface area contributed by atoms with Crippen LogP contribution in [0.15, 0.2) is 42.6 Å². The number of hydrogen-bond donors (Lipinski definition) is 1. The van der Waals surface area contributed by atoms with E-state index in [1.807, 2.05) is 31.2 Å². The van der Waals surface area contributed by atoms with Crippen LogP contribution >= 0.6 is 0 Å². The second-order valence-corrected chi connectivity index (χ2v) is 4.54. The SMILES string of the molecule is Cc1cccc(CCNC(=O)c2cc(C#N)ccn2)c1. The number of pyridine rings is 1. The van der Waals surface area contributed by atoms with Gasteiger partial charge in [0.2, 0.25) is 0 Å². The second-order valence-electron chi connectivity index (χ2n) is 4.54. The fourth-order valence-corrected chi connectivity index (χ4v) is 1.90. The Labute approximate surface area is 118 Å². The van der Waals surface area contributed by atoms with Crippen molar-refractivity contribution in [2.24, 2.45) is 0 Å². The molecule has 0 aliphatic heterocycles. The van der Waals surface area contributed by atoms with E-state index in [2.05, 4.69) is 16.4 Å². The zero-order valence-electron chi connectivity index (χ0n) is 11.3. The Balaban J connectivity index is 1.91.